The first-order chi connectivity index (χ1) is 7.29. The van der Waals surface area contributed by atoms with Crippen LogP contribution in [-0.4, -0.2) is 12.9 Å². The van der Waals surface area contributed by atoms with E-state index >= 15 is 0 Å². The van der Waals surface area contributed by atoms with Gasteiger partial charge in [-0.15, -0.1) is 0 Å². The highest BCUT2D eigenvalue weighted by Crippen LogP contribution is 2.26. The first kappa shape index (κ1) is 10.2. The van der Waals surface area contributed by atoms with E-state index in [-0.39, 0.29) is 5.92 Å². The molecule has 1 saturated carbocycles. The lowest BCUT2D eigenvalue weighted by molar-refractivity contribution is -0.120. The Balaban J connectivity index is 2.06. The number of ketones is 1. The highest BCUT2D eigenvalue weighted by Gasteiger charge is 2.24. The van der Waals surface area contributed by atoms with Crippen LogP contribution in [0.3, 0.4) is 0 Å². The van der Waals surface area contributed by atoms with Crippen molar-refractivity contribution in [3.05, 3.63) is 29.8 Å². The van der Waals surface area contributed by atoms with E-state index in [0.29, 0.717) is 5.78 Å². The van der Waals surface area contributed by atoms with E-state index in [1.165, 1.54) is 5.56 Å². The molecular formula is C13H16O2. The summed E-state index contributed by atoms with van der Waals surface area (Å²) in [6, 6.07) is 7.99. The van der Waals surface area contributed by atoms with E-state index in [2.05, 4.69) is 6.07 Å². The van der Waals surface area contributed by atoms with Gasteiger partial charge in [0.25, 0.3) is 0 Å². The van der Waals surface area contributed by atoms with Gasteiger partial charge >= 0.3 is 0 Å². The predicted octanol–water partition coefficient (Wildman–Crippen LogP) is 2.61. The maximum atomic E-state index is 11.5. The molecule has 0 aromatic heterocycles. The van der Waals surface area contributed by atoms with Crippen LogP contribution in [0.2, 0.25) is 0 Å². The SMILES string of the molecule is COc1cccc(CC2CCCC2=O)c1. The molecule has 0 saturated heterocycles. The average molecular weight is 204 g/mol. The van der Waals surface area contributed by atoms with Crippen LogP contribution < -0.4 is 4.74 Å². The molecule has 1 unspecified atom stereocenters. The second-order valence-corrected chi connectivity index (χ2v) is 4.11. The van der Waals surface area contributed by atoms with Crippen LogP contribution in [0.5, 0.6) is 5.75 Å². The molecule has 1 aromatic rings. The molecule has 0 aliphatic heterocycles. The molecule has 80 valence electrons. The molecule has 2 heteroatoms. The number of carbonyl (C=O) groups excluding carboxylic acids is 1. The zero-order valence-electron chi connectivity index (χ0n) is 9.03. The molecule has 1 aliphatic carbocycles. The summed E-state index contributed by atoms with van der Waals surface area (Å²) < 4.78 is 5.16. The first-order valence-electron chi connectivity index (χ1n) is 5.45. The van der Waals surface area contributed by atoms with Gasteiger partial charge in [-0.2, -0.15) is 0 Å². The number of rotatable bonds is 3. The van der Waals surface area contributed by atoms with Gasteiger partial charge in [-0.1, -0.05) is 12.1 Å². The van der Waals surface area contributed by atoms with Crippen molar-refractivity contribution in [3.8, 4) is 5.75 Å². The summed E-state index contributed by atoms with van der Waals surface area (Å²) in [7, 11) is 1.67. The minimum atomic E-state index is 0.247. The minimum Gasteiger partial charge on any atom is -0.497 e. The number of Topliss-reactive ketones (excluding diaryl/α,β-unsaturated/α-hetero) is 1. The Hall–Kier alpha value is -1.31. The third-order valence-corrected chi connectivity index (χ3v) is 3.05. The fourth-order valence-corrected chi connectivity index (χ4v) is 2.19. The molecule has 0 bridgehead atoms. The van der Waals surface area contributed by atoms with E-state index in [1.54, 1.807) is 7.11 Å². The Kier molecular flexibility index (Phi) is 3.05. The number of hydrogen-bond acceptors (Lipinski definition) is 2. The summed E-state index contributed by atoms with van der Waals surface area (Å²) in [6.07, 6.45) is 3.76. The number of ether oxygens (including phenoxy) is 1. The zero-order chi connectivity index (χ0) is 10.7. The summed E-state index contributed by atoms with van der Waals surface area (Å²) in [5.74, 6) is 1.55. The molecular weight excluding hydrogens is 188 g/mol. The molecule has 0 spiro atoms. The van der Waals surface area contributed by atoms with Crippen molar-refractivity contribution in [2.45, 2.75) is 25.7 Å². The predicted molar refractivity (Wildman–Crippen MR) is 59.0 cm³/mol. The summed E-state index contributed by atoms with van der Waals surface area (Å²) in [5, 5.41) is 0. The Morgan fingerprint density at radius 2 is 2.33 bits per heavy atom. The molecule has 2 rings (SSSR count). The molecule has 1 aromatic carbocycles. The summed E-state index contributed by atoms with van der Waals surface area (Å²) in [6.45, 7) is 0. The standard InChI is InChI=1S/C13H16O2/c1-15-12-6-2-4-10(9-12)8-11-5-3-7-13(11)14/h2,4,6,9,11H,3,5,7-8H2,1H3. The zero-order valence-corrected chi connectivity index (χ0v) is 9.03. The number of benzene rings is 1. The van der Waals surface area contributed by atoms with Crippen molar-refractivity contribution in [3.63, 3.8) is 0 Å². The topological polar surface area (TPSA) is 26.3 Å². The highest BCUT2D eigenvalue weighted by molar-refractivity contribution is 5.83. The summed E-state index contributed by atoms with van der Waals surface area (Å²) in [5.41, 5.74) is 1.20. The van der Waals surface area contributed by atoms with Crippen molar-refractivity contribution in [1.82, 2.24) is 0 Å². The Bertz CT molecular complexity index is 357. The van der Waals surface area contributed by atoms with Crippen molar-refractivity contribution in [2.75, 3.05) is 7.11 Å². The van der Waals surface area contributed by atoms with Gasteiger partial charge in [0.15, 0.2) is 0 Å². The molecule has 1 atom stereocenters. The lowest BCUT2D eigenvalue weighted by Gasteiger charge is -2.08. The fraction of sp³-hybridized carbons (Fsp3) is 0.462. The van der Waals surface area contributed by atoms with E-state index in [9.17, 15) is 4.79 Å². The molecule has 0 radical (unpaired) electrons. The Morgan fingerprint density at radius 3 is 3.00 bits per heavy atom. The lowest BCUT2D eigenvalue weighted by atomic mass is 9.97. The van der Waals surface area contributed by atoms with Crippen LogP contribution in [0.1, 0.15) is 24.8 Å². The first-order valence-corrected chi connectivity index (χ1v) is 5.45. The average Bonchev–Trinajstić information content (AvgIpc) is 2.65. The minimum absolute atomic E-state index is 0.247. The van der Waals surface area contributed by atoms with Gasteiger partial charge in [0, 0.05) is 12.3 Å². The van der Waals surface area contributed by atoms with Crippen LogP contribution in [0.25, 0.3) is 0 Å². The quantitative estimate of drug-likeness (QED) is 0.756. The van der Waals surface area contributed by atoms with Crippen LogP contribution >= 0.6 is 0 Å². The Morgan fingerprint density at radius 1 is 1.47 bits per heavy atom. The molecule has 0 amide bonds. The van der Waals surface area contributed by atoms with E-state index in [1.807, 2.05) is 18.2 Å². The fourth-order valence-electron chi connectivity index (χ4n) is 2.19. The van der Waals surface area contributed by atoms with Crippen molar-refractivity contribution in [1.29, 1.82) is 0 Å². The van der Waals surface area contributed by atoms with Crippen LogP contribution in [0.4, 0.5) is 0 Å². The second-order valence-electron chi connectivity index (χ2n) is 4.11. The van der Waals surface area contributed by atoms with Crippen LogP contribution in [0, 0.1) is 5.92 Å². The van der Waals surface area contributed by atoms with E-state index < -0.39 is 0 Å². The lowest BCUT2D eigenvalue weighted by Crippen LogP contribution is -2.09. The summed E-state index contributed by atoms with van der Waals surface area (Å²) >= 11 is 0. The highest BCUT2D eigenvalue weighted by atomic mass is 16.5. The van der Waals surface area contributed by atoms with Crippen molar-refractivity contribution < 1.29 is 9.53 Å². The molecule has 2 nitrogen and oxygen atoms in total. The van der Waals surface area contributed by atoms with Crippen LogP contribution in [0.15, 0.2) is 24.3 Å². The molecule has 1 fully saturated rings. The molecule has 1 aliphatic rings. The van der Waals surface area contributed by atoms with Crippen molar-refractivity contribution in [2.24, 2.45) is 5.92 Å². The van der Waals surface area contributed by atoms with Gasteiger partial charge in [0.1, 0.15) is 11.5 Å². The summed E-state index contributed by atoms with van der Waals surface area (Å²) in [4.78, 5) is 11.5. The number of carbonyl (C=O) groups is 1. The molecule has 0 N–H and O–H groups in total. The molecule has 15 heavy (non-hydrogen) atoms. The van der Waals surface area contributed by atoms with Gasteiger partial charge < -0.3 is 4.74 Å². The molecule has 0 heterocycles. The number of hydrogen-bond donors (Lipinski definition) is 0. The smallest absolute Gasteiger partial charge is 0.136 e. The largest absolute Gasteiger partial charge is 0.497 e. The van der Waals surface area contributed by atoms with Gasteiger partial charge in [0.05, 0.1) is 7.11 Å². The normalized spacial score (nSPS) is 20.6. The maximum Gasteiger partial charge on any atom is 0.136 e. The van der Waals surface area contributed by atoms with Crippen LogP contribution in [-0.2, 0) is 11.2 Å². The van der Waals surface area contributed by atoms with E-state index in [4.69, 9.17) is 4.74 Å². The third-order valence-electron chi connectivity index (χ3n) is 3.05. The number of methoxy groups -OCH3 is 1. The van der Waals surface area contributed by atoms with Crippen molar-refractivity contribution >= 4 is 5.78 Å². The van der Waals surface area contributed by atoms with Gasteiger partial charge in [-0.25, -0.2) is 0 Å². The van der Waals surface area contributed by atoms with Gasteiger partial charge in [-0.3, -0.25) is 4.79 Å². The third kappa shape index (κ3) is 2.38. The Labute approximate surface area is 90.3 Å². The second kappa shape index (κ2) is 4.47. The van der Waals surface area contributed by atoms with Gasteiger partial charge in [-0.05, 0) is 37.0 Å². The van der Waals surface area contributed by atoms with E-state index in [0.717, 1.165) is 31.4 Å². The van der Waals surface area contributed by atoms with Gasteiger partial charge in [0.2, 0.25) is 0 Å². The maximum absolute atomic E-state index is 11.5. The monoisotopic (exact) mass is 204 g/mol.